The highest BCUT2D eigenvalue weighted by Crippen LogP contribution is 2.30. The zero-order valence-electron chi connectivity index (χ0n) is 15.8. The lowest BCUT2D eigenvalue weighted by atomic mass is 10.1. The maximum absolute atomic E-state index is 12.6. The third kappa shape index (κ3) is 5.17. The number of hydrogen-bond acceptors (Lipinski definition) is 4. The zero-order valence-corrected chi connectivity index (χ0v) is 15.8. The summed E-state index contributed by atoms with van der Waals surface area (Å²) in [7, 11) is 0. The van der Waals surface area contributed by atoms with Crippen molar-refractivity contribution < 1.29 is 19.1 Å². The summed E-state index contributed by atoms with van der Waals surface area (Å²) in [4.78, 5) is 28.8. The predicted octanol–water partition coefficient (Wildman–Crippen LogP) is 1.68. The van der Waals surface area contributed by atoms with Gasteiger partial charge in [0.25, 0.3) is 11.8 Å². The molecule has 0 bridgehead atoms. The molecule has 1 aliphatic heterocycles. The van der Waals surface area contributed by atoms with Crippen LogP contribution in [0.2, 0.25) is 0 Å². The van der Waals surface area contributed by atoms with Crippen molar-refractivity contribution in [2.45, 2.75) is 64.7 Å². The molecule has 142 valence electrons. The van der Waals surface area contributed by atoms with Crippen LogP contribution < -0.4 is 0 Å². The highest BCUT2D eigenvalue weighted by Gasteiger charge is 2.34. The molecule has 3 fully saturated rings. The van der Waals surface area contributed by atoms with Gasteiger partial charge < -0.3 is 19.3 Å². The van der Waals surface area contributed by atoms with Crippen LogP contribution in [-0.2, 0) is 19.1 Å². The summed E-state index contributed by atoms with van der Waals surface area (Å²) in [6.45, 7) is 8.76. The Balaban J connectivity index is 1.43. The zero-order chi connectivity index (χ0) is 18.0. The largest absolute Gasteiger partial charge is 0.368 e. The Bertz CT molecular complexity index is 490. The van der Waals surface area contributed by atoms with E-state index in [0.29, 0.717) is 44.7 Å². The Morgan fingerprint density at radius 1 is 0.920 bits per heavy atom. The van der Waals surface area contributed by atoms with Crippen molar-refractivity contribution in [3.05, 3.63) is 0 Å². The van der Waals surface area contributed by atoms with E-state index in [1.807, 2.05) is 30.6 Å². The molecule has 6 heteroatoms. The van der Waals surface area contributed by atoms with E-state index < -0.39 is 12.2 Å². The van der Waals surface area contributed by atoms with Gasteiger partial charge >= 0.3 is 0 Å². The standard InChI is InChI=1S/C19H32N2O4/c1-13-10-20(18(22)14(2)24-11-16-4-5-16)8-9-21(13)19(23)15(3)25-12-17-6-7-17/h13-17H,4-12H2,1-3H3/t13-,14?,15?/m0/s1. The molecule has 2 aliphatic carbocycles. The second kappa shape index (κ2) is 8.04. The fourth-order valence-corrected chi connectivity index (χ4v) is 3.25. The van der Waals surface area contributed by atoms with Crippen molar-refractivity contribution in [1.82, 2.24) is 9.80 Å². The van der Waals surface area contributed by atoms with Crippen molar-refractivity contribution >= 4 is 11.8 Å². The molecule has 6 nitrogen and oxygen atoms in total. The van der Waals surface area contributed by atoms with Crippen molar-refractivity contribution in [3.8, 4) is 0 Å². The van der Waals surface area contributed by atoms with Gasteiger partial charge in [0.05, 0.1) is 13.2 Å². The van der Waals surface area contributed by atoms with Gasteiger partial charge in [-0.1, -0.05) is 0 Å². The molecule has 2 unspecified atom stereocenters. The van der Waals surface area contributed by atoms with E-state index in [4.69, 9.17) is 9.47 Å². The number of amides is 2. The van der Waals surface area contributed by atoms with E-state index in [0.717, 1.165) is 0 Å². The van der Waals surface area contributed by atoms with Crippen LogP contribution in [0.1, 0.15) is 46.5 Å². The van der Waals surface area contributed by atoms with Crippen LogP contribution in [0.3, 0.4) is 0 Å². The number of piperazine rings is 1. The van der Waals surface area contributed by atoms with Crippen molar-refractivity contribution in [3.63, 3.8) is 0 Å². The Morgan fingerprint density at radius 3 is 1.92 bits per heavy atom. The lowest BCUT2D eigenvalue weighted by molar-refractivity contribution is -0.154. The fraction of sp³-hybridized carbons (Fsp3) is 0.895. The van der Waals surface area contributed by atoms with Gasteiger partial charge in [-0.15, -0.1) is 0 Å². The second-order valence-corrected chi connectivity index (χ2v) is 8.00. The Morgan fingerprint density at radius 2 is 1.44 bits per heavy atom. The van der Waals surface area contributed by atoms with Crippen LogP contribution in [0.25, 0.3) is 0 Å². The highest BCUT2D eigenvalue weighted by atomic mass is 16.5. The average molecular weight is 352 g/mol. The molecule has 0 N–H and O–H groups in total. The predicted molar refractivity (Wildman–Crippen MR) is 94.0 cm³/mol. The van der Waals surface area contributed by atoms with Crippen LogP contribution in [0, 0.1) is 11.8 Å². The first kappa shape index (κ1) is 18.6. The number of carbonyl (C=O) groups is 2. The molecule has 0 aromatic carbocycles. The molecule has 1 saturated heterocycles. The minimum absolute atomic E-state index is 0.00723. The minimum atomic E-state index is -0.397. The molecule has 1 heterocycles. The first-order valence-electron chi connectivity index (χ1n) is 9.78. The number of carbonyl (C=O) groups excluding carboxylic acids is 2. The van der Waals surface area contributed by atoms with E-state index >= 15 is 0 Å². The molecular weight excluding hydrogens is 320 g/mol. The van der Waals surface area contributed by atoms with Gasteiger partial charge in [0, 0.05) is 25.7 Å². The van der Waals surface area contributed by atoms with E-state index in [1.54, 1.807) is 0 Å². The third-order valence-electron chi connectivity index (χ3n) is 5.48. The van der Waals surface area contributed by atoms with Gasteiger partial charge in [-0.25, -0.2) is 0 Å². The average Bonchev–Trinajstić information content (AvgIpc) is 3.50. The van der Waals surface area contributed by atoms with Crippen LogP contribution in [0.4, 0.5) is 0 Å². The summed E-state index contributed by atoms with van der Waals surface area (Å²) in [5.41, 5.74) is 0. The molecule has 3 atom stereocenters. The summed E-state index contributed by atoms with van der Waals surface area (Å²) in [5.74, 6) is 1.39. The summed E-state index contributed by atoms with van der Waals surface area (Å²) in [6, 6.07) is 0.00723. The van der Waals surface area contributed by atoms with Crippen LogP contribution in [0.15, 0.2) is 0 Å². The Labute approximate surface area is 150 Å². The summed E-state index contributed by atoms with van der Waals surface area (Å²) in [5, 5.41) is 0. The molecule has 2 amide bonds. The first-order chi connectivity index (χ1) is 12.0. The lowest BCUT2D eigenvalue weighted by Crippen LogP contribution is -2.58. The van der Waals surface area contributed by atoms with Crippen LogP contribution >= 0.6 is 0 Å². The van der Waals surface area contributed by atoms with Gasteiger partial charge in [0.15, 0.2) is 0 Å². The topological polar surface area (TPSA) is 59.1 Å². The van der Waals surface area contributed by atoms with Gasteiger partial charge in [0.1, 0.15) is 12.2 Å². The van der Waals surface area contributed by atoms with Crippen LogP contribution in [-0.4, -0.2) is 72.7 Å². The second-order valence-electron chi connectivity index (χ2n) is 8.00. The Hall–Kier alpha value is -1.14. The van der Waals surface area contributed by atoms with E-state index in [2.05, 4.69) is 0 Å². The number of rotatable bonds is 8. The molecule has 25 heavy (non-hydrogen) atoms. The van der Waals surface area contributed by atoms with Gasteiger partial charge in [-0.05, 0) is 58.3 Å². The SMILES string of the molecule is CC(OCC1CC1)C(=O)N1CCN(C(=O)C(C)OCC2CC2)[C@@H](C)C1. The van der Waals surface area contributed by atoms with Gasteiger partial charge in [-0.3, -0.25) is 9.59 Å². The molecule has 2 saturated carbocycles. The fourth-order valence-electron chi connectivity index (χ4n) is 3.25. The van der Waals surface area contributed by atoms with Gasteiger partial charge in [-0.2, -0.15) is 0 Å². The summed E-state index contributed by atoms with van der Waals surface area (Å²) >= 11 is 0. The van der Waals surface area contributed by atoms with E-state index in [-0.39, 0.29) is 17.9 Å². The highest BCUT2D eigenvalue weighted by molar-refractivity contribution is 5.83. The van der Waals surface area contributed by atoms with E-state index in [9.17, 15) is 9.59 Å². The number of nitrogens with zero attached hydrogens (tertiary/aromatic N) is 2. The normalized spacial score (nSPS) is 26.4. The Kier molecular flexibility index (Phi) is 6.00. The molecule has 3 aliphatic rings. The van der Waals surface area contributed by atoms with Crippen molar-refractivity contribution in [1.29, 1.82) is 0 Å². The molecule has 0 radical (unpaired) electrons. The smallest absolute Gasteiger partial charge is 0.251 e. The molecule has 0 aromatic heterocycles. The molecule has 3 rings (SSSR count). The summed E-state index contributed by atoms with van der Waals surface area (Å²) < 4.78 is 11.4. The van der Waals surface area contributed by atoms with Crippen molar-refractivity contribution in [2.24, 2.45) is 11.8 Å². The number of ether oxygens (including phenoxy) is 2. The number of hydrogen-bond donors (Lipinski definition) is 0. The van der Waals surface area contributed by atoms with Crippen molar-refractivity contribution in [2.75, 3.05) is 32.8 Å². The summed E-state index contributed by atoms with van der Waals surface area (Å²) in [6.07, 6.45) is 4.10. The maximum Gasteiger partial charge on any atom is 0.251 e. The maximum atomic E-state index is 12.6. The van der Waals surface area contributed by atoms with Gasteiger partial charge in [0.2, 0.25) is 0 Å². The quantitative estimate of drug-likeness (QED) is 0.667. The van der Waals surface area contributed by atoms with E-state index in [1.165, 1.54) is 25.7 Å². The minimum Gasteiger partial charge on any atom is -0.368 e. The van der Waals surface area contributed by atoms with Crippen LogP contribution in [0.5, 0.6) is 0 Å². The molecule has 0 spiro atoms. The molecular formula is C19H32N2O4. The first-order valence-corrected chi connectivity index (χ1v) is 9.78. The molecule has 0 aromatic rings. The third-order valence-corrected chi connectivity index (χ3v) is 5.48. The lowest BCUT2D eigenvalue weighted by Gasteiger charge is -2.41. The monoisotopic (exact) mass is 352 g/mol.